The van der Waals surface area contributed by atoms with E-state index in [-0.39, 0.29) is 12.3 Å². The van der Waals surface area contributed by atoms with Crippen molar-refractivity contribution < 1.29 is 19.7 Å². The van der Waals surface area contributed by atoms with Gasteiger partial charge in [-0.25, -0.2) is 4.79 Å². The summed E-state index contributed by atoms with van der Waals surface area (Å²) in [4.78, 5) is 11.4. The molecule has 0 fully saturated rings. The second-order valence-corrected chi connectivity index (χ2v) is 4.73. The van der Waals surface area contributed by atoms with Crippen LogP contribution >= 0.6 is 11.6 Å². The van der Waals surface area contributed by atoms with Gasteiger partial charge in [0.05, 0.1) is 30.0 Å². The molecule has 0 bridgehead atoms. The van der Waals surface area contributed by atoms with Crippen molar-refractivity contribution in [3.05, 3.63) is 29.5 Å². The van der Waals surface area contributed by atoms with Crippen molar-refractivity contribution in [1.29, 1.82) is 0 Å². The number of rotatable bonds is 5. The largest absolute Gasteiger partial charge is 0.465 e. The summed E-state index contributed by atoms with van der Waals surface area (Å²) >= 11 is 5.54. The van der Waals surface area contributed by atoms with Gasteiger partial charge in [-0.05, 0) is 24.6 Å². The number of aliphatic hydroxyl groups is 2. The normalized spacial score (nSPS) is 14.2. The molecular weight excluding hydrogens is 284 g/mol. The summed E-state index contributed by atoms with van der Waals surface area (Å²) in [6, 6.07) is 4.78. The van der Waals surface area contributed by atoms with Crippen LogP contribution in [0.15, 0.2) is 18.2 Å². The maximum Gasteiger partial charge on any atom is 0.337 e. The minimum Gasteiger partial charge on any atom is -0.465 e. The van der Waals surface area contributed by atoms with Crippen LogP contribution in [-0.2, 0) is 4.74 Å². The van der Waals surface area contributed by atoms with Gasteiger partial charge in [0.1, 0.15) is 6.10 Å². The molecule has 7 heteroatoms. The fourth-order valence-corrected chi connectivity index (χ4v) is 2.19. The highest BCUT2D eigenvalue weighted by Crippen LogP contribution is 2.26. The van der Waals surface area contributed by atoms with E-state index in [4.69, 9.17) is 11.6 Å². The smallest absolute Gasteiger partial charge is 0.337 e. The molecule has 0 saturated carbocycles. The van der Waals surface area contributed by atoms with Crippen molar-refractivity contribution in [2.24, 2.45) is 0 Å². The van der Waals surface area contributed by atoms with Crippen molar-refractivity contribution in [3.63, 3.8) is 0 Å². The van der Waals surface area contributed by atoms with E-state index in [0.29, 0.717) is 22.2 Å². The predicted molar refractivity (Wildman–Crippen MR) is 73.7 cm³/mol. The van der Waals surface area contributed by atoms with E-state index in [1.807, 2.05) is 0 Å². The van der Waals surface area contributed by atoms with Crippen LogP contribution in [0.3, 0.4) is 0 Å². The number of carbonyl (C=O) groups is 1. The third-order valence-corrected chi connectivity index (χ3v) is 3.29. The zero-order chi connectivity index (χ0) is 14.7. The van der Waals surface area contributed by atoms with Crippen LogP contribution in [0.4, 0.5) is 0 Å². The van der Waals surface area contributed by atoms with E-state index < -0.39 is 18.2 Å². The number of aromatic amines is 1. The molecule has 0 spiro atoms. The first kappa shape index (κ1) is 14.8. The molecule has 2 rings (SSSR count). The summed E-state index contributed by atoms with van der Waals surface area (Å²) in [5, 5.41) is 27.2. The Labute approximate surface area is 120 Å². The highest BCUT2D eigenvalue weighted by atomic mass is 35.5. The lowest BCUT2D eigenvalue weighted by molar-refractivity contribution is 0.0152. The number of methoxy groups -OCH3 is 1. The number of benzene rings is 1. The molecular formula is C13H15ClN2O4. The van der Waals surface area contributed by atoms with Crippen molar-refractivity contribution >= 4 is 28.5 Å². The van der Waals surface area contributed by atoms with E-state index in [1.54, 1.807) is 18.2 Å². The molecule has 2 aromatic rings. The summed E-state index contributed by atoms with van der Waals surface area (Å²) < 4.78 is 4.63. The number of esters is 1. The Hall–Kier alpha value is -1.63. The number of halogens is 1. The van der Waals surface area contributed by atoms with Gasteiger partial charge in [-0.1, -0.05) is 0 Å². The number of carbonyl (C=O) groups excluding carboxylic acids is 1. The molecule has 0 amide bonds. The number of hydrogen-bond acceptors (Lipinski definition) is 5. The first-order valence-corrected chi connectivity index (χ1v) is 6.60. The number of nitrogens with zero attached hydrogens (tertiary/aromatic N) is 1. The highest BCUT2D eigenvalue weighted by Gasteiger charge is 2.22. The number of hydrogen-bond donors (Lipinski definition) is 3. The van der Waals surface area contributed by atoms with Crippen LogP contribution < -0.4 is 0 Å². The summed E-state index contributed by atoms with van der Waals surface area (Å²) in [7, 11) is 1.30. The van der Waals surface area contributed by atoms with Gasteiger partial charge in [0.2, 0.25) is 0 Å². The summed E-state index contributed by atoms with van der Waals surface area (Å²) in [5.41, 5.74) is 1.28. The lowest BCUT2D eigenvalue weighted by Crippen LogP contribution is -2.19. The van der Waals surface area contributed by atoms with E-state index in [9.17, 15) is 15.0 Å². The Kier molecular flexibility index (Phi) is 4.59. The molecule has 0 aliphatic rings. The van der Waals surface area contributed by atoms with Gasteiger partial charge in [0.25, 0.3) is 0 Å². The van der Waals surface area contributed by atoms with Crippen molar-refractivity contribution in [2.75, 3.05) is 13.0 Å². The maximum atomic E-state index is 11.4. The second kappa shape index (κ2) is 6.21. The van der Waals surface area contributed by atoms with Crippen LogP contribution in [-0.4, -0.2) is 45.5 Å². The Morgan fingerprint density at radius 3 is 2.90 bits per heavy atom. The fourth-order valence-electron chi connectivity index (χ4n) is 1.96. The van der Waals surface area contributed by atoms with E-state index in [1.165, 1.54) is 7.11 Å². The van der Waals surface area contributed by atoms with Gasteiger partial charge < -0.3 is 14.9 Å². The summed E-state index contributed by atoms with van der Waals surface area (Å²) in [5.74, 6) is -0.212. The van der Waals surface area contributed by atoms with Crippen molar-refractivity contribution in [3.8, 4) is 0 Å². The molecule has 0 aliphatic carbocycles. The first-order valence-electron chi connectivity index (χ1n) is 6.07. The highest BCUT2D eigenvalue weighted by molar-refractivity contribution is 6.17. The fraction of sp³-hybridized carbons (Fsp3) is 0.385. The third-order valence-electron chi connectivity index (χ3n) is 3.07. The molecule has 3 N–H and O–H groups in total. The van der Waals surface area contributed by atoms with Crippen LogP contribution in [0.2, 0.25) is 0 Å². The topological polar surface area (TPSA) is 95.4 Å². The Balaban J connectivity index is 2.35. The lowest BCUT2D eigenvalue weighted by Gasteiger charge is -2.15. The third kappa shape index (κ3) is 2.77. The average molecular weight is 299 g/mol. The zero-order valence-electron chi connectivity index (χ0n) is 10.8. The number of H-pyrrole nitrogens is 1. The van der Waals surface area contributed by atoms with Crippen LogP contribution in [0.1, 0.15) is 28.6 Å². The van der Waals surface area contributed by atoms with Gasteiger partial charge in [-0.2, -0.15) is 5.10 Å². The number of alkyl halides is 1. The summed E-state index contributed by atoms with van der Waals surface area (Å²) in [6.07, 6.45) is -1.82. The average Bonchev–Trinajstić information content (AvgIpc) is 2.88. The second-order valence-electron chi connectivity index (χ2n) is 4.35. The van der Waals surface area contributed by atoms with E-state index in [0.717, 1.165) is 0 Å². The number of nitrogens with one attached hydrogen (secondary N) is 1. The quantitative estimate of drug-likeness (QED) is 0.572. The molecule has 108 valence electrons. The molecule has 0 radical (unpaired) electrons. The van der Waals surface area contributed by atoms with Crippen LogP contribution in [0, 0.1) is 0 Å². The van der Waals surface area contributed by atoms with E-state index in [2.05, 4.69) is 14.9 Å². The van der Waals surface area contributed by atoms with Crippen molar-refractivity contribution in [2.45, 2.75) is 18.6 Å². The number of aliphatic hydroxyl groups excluding tert-OH is 2. The van der Waals surface area contributed by atoms with Crippen LogP contribution in [0.5, 0.6) is 0 Å². The number of aromatic nitrogens is 2. The molecule has 2 atom stereocenters. The Bertz CT molecular complexity index is 613. The standard InChI is InChI=1S/C13H15ClN2O4/c1-20-13(19)7-2-3-8-9(6-7)15-16-11(8)12(18)10(17)4-5-14/h2-3,6,10,12,17-18H,4-5H2,1H3,(H,15,16). The molecule has 20 heavy (non-hydrogen) atoms. The molecule has 1 heterocycles. The van der Waals surface area contributed by atoms with Crippen LogP contribution in [0.25, 0.3) is 10.9 Å². The van der Waals surface area contributed by atoms with Gasteiger partial charge in [0.15, 0.2) is 0 Å². The lowest BCUT2D eigenvalue weighted by atomic mass is 10.0. The molecule has 0 aliphatic heterocycles. The van der Waals surface area contributed by atoms with E-state index >= 15 is 0 Å². The zero-order valence-corrected chi connectivity index (χ0v) is 11.6. The van der Waals surface area contributed by atoms with Gasteiger partial charge in [-0.15, -0.1) is 11.6 Å². The minimum atomic E-state index is -1.11. The molecule has 1 aromatic heterocycles. The Morgan fingerprint density at radius 2 is 2.25 bits per heavy atom. The number of fused-ring (bicyclic) bond motifs is 1. The number of ether oxygens (including phenoxy) is 1. The van der Waals surface area contributed by atoms with Crippen molar-refractivity contribution in [1.82, 2.24) is 10.2 Å². The predicted octanol–water partition coefficient (Wildman–Crippen LogP) is 1.37. The van der Waals surface area contributed by atoms with Gasteiger partial charge in [0, 0.05) is 11.3 Å². The Morgan fingerprint density at radius 1 is 1.50 bits per heavy atom. The minimum absolute atomic E-state index is 0.247. The summed E-state index contributed by atoms with van der Waals surface area (Å²) in [6.45, 7) is 0. The maximum absolute atomic E-state index is 11.4. The molecule has 2 unspecified atom stereocenters. The molecule has 6 nitrogen and oxygen atoms in total. The monoisotopic (exact) mass is 298 g/mol. The molecule has 1 aromatic carbocycles. The van der Waals surface area contributed by atoms with Gasteiger partial charge in [-0.3, -0.25) is 5.10 Å². The SMILES string of the molecule is COC(=O)c1ccc2c(C(O)C(O)CCCl)[nH]nc2c1. The van der Waals surface area contributed by atoms with Gasteiger partial charge >= 0.3 is 5.97 Å². The molecule has 0 saturated heterocycles. The first-order chi connectivity index (χ1) is 9.58.